The van der Waals surface area contributed by atoms with E-state index in [0.717, 1.165) is 10.9 Å². The molecule has 0 unspecified atom stereocenters. The first-order valence-electron chi connectivity index (χ1n) is 4.20. The van der Waals surface area contributed by atoms with Gasteiger partial charge in [-0.15, -0.1) is 0 Å². The lowest BCUT2D eigenvalue weighted by atomic mass is 9.99. The molecule has 9 heteroatoms. The van der Waals surface area contributed by atoms with Crippen LogP contribution in [0.2, 0.25) is 0 Å². The van der Waals surface area contributed by atoms with Crippen LogP contribution in [0.4, 0.5) is 26.3 Å². The van der Waals surface area contributed by atoms with Gasteiger partial charge in [0.1, 0.15) is 0 Å². The second-order valence-electron chi connectivity index (χ2n) is 3.28. The summed E-state index contributed by atoms with van der Waals surface area (Å²) in [6.45, 7) is 0. The van der Waals surface area contributed by atoms with Gasteiger partial charge in [-0.1, -0.05) is 0 Å². The minimum Gasteiger partial charge on any atom is -0.293 e. The summed E-state index contributed by atoms with van der Waals surface area (Å²) in [5.74, 6) is -6.07. The highest BCUT2D eigenvalue weighted by Gasteiger charge is 2.61. The largest absolute Gasteiger partial charge is 0.407 e. The predicted octanol–water partition coefficient (Wildman–Crippen LogP) is 2.34. The van der Waals surface area contributed by atoms with Gasteiger partial charge in [0, 0.05) is 13.2 Å². The van der Waals surface area contributed by atoms with Gasteiger partial charge in [-0.05, 0) is 0 Å². The zero-order valence-electron chi connectivity index (χ0n) is 8.30. The number of rotatable bonds is 2. The van der Waals surface area contributed by atoms with Gasteiger partial charge in [-0.3, -0.25) is 9.48 Å². The monoisotopic (exact) mass is 260 g/mol. The summed E-state index contributed by atoms with van der Waals surface area (Å²) in [5, 5.41) is 3.35. The molecule has 0 N–H and O–H groups in total. The highest BCUT2D eigenvalue weighted by Crippen LogP contribution is 2.41. The molecule has 0 aliphatic heterocycles. The van der Waals surface area contributed by atoms with E-state index in [1.165, 1.54) is 7.05 Å². The molecule has 0 saturated carbocycles. The summed E-state index contributed by atoms with van der Waals surface area (Å²) in [5.41, 5.74) is -0.729. The minimum absolute atomic E-state index is 0.660. The van der Waals surface area contributed by atoms with Crippen LogP contribution in [-0.4, -0.2) is 27.9 Å². The van der Waals surface area contributed by atoms with E-state index in [0.29, 0.717) is 6.20 Å². The van der Waals surface area contributed by atoms with Gasteiger partial charge >= 0.3 is 12.4 Å². The number of hydrogen-bond donors (Lipinski definition) is 0. The second kappa shape index (κ2) is 4.04. The van der Waals surface area contributed by atoms with Gasteiger partial charge in [-0.2, -0.15) is 31.4 Å². The van der Waals surface area contributed by atoms with Crippen LogP contribution in [0.15, 0.2) is 12.4 Å². The topological polar surface area (TPSA) is 34.9 Å². The van der Waals surface area contributed by atoms with Crippen molar-refractivity contribution in [3.8, 4) is 0 Å². The number of aryl methyl sites for hydroxylation is 1. The number of ketones is 1. The maximum absolute atomic E-state index is 12.2. The number of aromatic nitrogens is 2. The van der Waals surface area contributed by atoms with E-state index in [1.54, 1.807) is 0 Å². The lowest BCUT2D eigenvalue weighted by Crippen LogP contribution is -2.42. The summed E-state index contributed by atoms with van der Waals surface area (Å²) in [7, 11) is 1.27. The molecule has 1 rings (SSSR count). The molecule has 0 spiro atoms. The molecule has 1 aromatic heterocycles. The molecule has 17 heavy (non-hydrogen) atoms. The first-order chi connectivity index (χ1) is 7.53. The number of hydrogen-bond acceptors (Lipinski definition) is 2. The number of carbonyl (C=O) groups excluding carboxylic acids is 1. The van der Waals surface area contributed by atoms with E-state index in [9.17, 15) is 31.1 Å². The average Bonchev–Trinajstić information content (AvgIpc) is 2.45. The fourth-order valence-corrected chi connectivity index (χ4v) is 1.20. The Morgan fingerprint density at radius 2 is 1.71 bits per heavy atom. The standard InChI is InChI=1S/C8H6F6N2O/c1-16-3-4(2-15-16)5(17)6(7(9,10)11)8(12,13)14/h2-3,6H,1H3. The summed E-state index contributed by atoms with van der Waals surface area (Å²) in [4.78, 5) is 11.2. The SMILES string of the molecule is Cn1cc(C(=O)C(C(F)(F)F)C(F)(F)F)cn1. The van der Waals surface area contributed by atoms with Gasteiger partial charge in [0.25, 0.3) is 0 Å². The Bertz CT molecular complexity index is 404. The fourth-order valence-electron chi connectivity index (χ4n) is 1.20. The zero-order chi connectivity index (χ0) is 13.4. The molecule has 0 aliphatic rings. The Morgan fingerprint density at radius 1 is 1.24 bits per heavy atom. The van der Waals surface area contributed by atoms with Crippen molar-refractivity contribution in [3.63, 3.8) is 0 Å². The fraction of sp³-hybridized carbons (Fsp3) is 0.500. The Morgan fingerprint density at radius 3 is 2.00 bits per heavy atom. The third-order valence-corrected chi connectivity index (χ3v) is 1.91. The van der Waals surface area contributed by atoms with Crippen LogP contribution in [0.5, 0.6) is 0 Å². The van der Waals surface area contributed by atoms with Crippen molar-refractivity contribution in [1.29, 1.82) is 0 Å². The number of halogens is 6. The molecule has 0 fully saturated rings. The van der Waals surface area contributed by atoms with Gasteiger partial charge in [-0.25, -0.2) is 0 Å². The molecule has 96 valence electrons. The maximum atomic E-state index is 12.2. The third kappa shape index (κ3) is 2.98. The zero-order valence-corrected chi connectivity index (χ0v) is 8.30. The Kier molecular flexibility index (Phi) is 3.22. The van der Waals surface area contributed by atoms with E-state index in [2.05, 4.69) is 5.10 Å². The van der Waals surface area contributed by atoms with E-state index in [-0.39, 0.29) is 0 Å². The van der Waals surface area contributed by atoms with Crippen molar-refractivity contribution in [1.82, 2.24) is 9.78 Å². The first-order valence-corrected chi connectivity index (χ1v) is 4.20. The Hall–Kier alpha value is -1.54. The van der Waals surface area contributed by atoms with E-state index >= 15 is 0 Å². The van der Waals surface area contributed by atoms with Gasteiger partial charge in [0.15, 0.2) is 5.78 Å². The predicted molar refractivity (Wildman–Crippen MR) is 43.1 cm³/mol. The first kappa shape index (κ1) is 13.5. The summed E-state index contributed by atoms with van der Waals surface area (Å²) < 4.78 is 74.1. The van der Waals surface area contributed by atoms with Crippen LogP contribution >= 0.6 is 0 Å². The van der Waals surface area contributed by atoms with E-state index in [1.807, 2.05) is 0 Å². The van der Waals surface area contributed by atoms with Crippen molar-refractivity contribution in [3.05, 3.63) is 18.0 Å². The molecule has 1 aromatic rings. The molecule has 0 bridgehead atoms. The molecule has 0 aromatic carbocycles. The number of nitrogens with zero attached hydrogens (tertiary/aromatic N) is 2. The molecular formula is C8H6F6N2O. The smallest absolute Gasteiger partial charge is 0.293 e. The molecule has 1 heterocycles. The molecule has 0 radical (unpaired) electrons. The second-order valence-corrected chi connectivity index (χ2v) is 3.28. The van der Waals surface area contributed by atoms with Crippen molar-refractivity contribution in [2.75, 3.05) is 0 Å². The van der Waals surface area contributed by atoms with E-state index in [4.69, 9.17) is 0 Å². The molecule has 3 nitrogen and oxygen atoms in total. The number of carbonyl (C=O) groups is 1. The number of Topliss-reactive ketones (excluding diaryl/α,β-unsaturated/α-hetero) is 1. The van der Waals surface area contributed by atoms with Crippen LogP contribution < -0.4 is 0 Å². The lowest BCUT2D eigenvalue weighted by Gasteiger charge is -2.20. The lowest BCUT2D eigenvalue weighted by molar-refractivity contribution is -0.264. The van der Waals surface area contributed by atoms with Crippen molar-refractivity contribution >= 4 is 5.78 Å². The molecular weight excluding hydrogens is 254 g/mol. The highest BCUT2D eigenvalue weighted by atomic mass is 19.4. The van der Waals surface area contributed by atoms with Crippen molar-refractivity contribution < 1.29 is 31.1 Å². The normalized spacial score (nSPS) is 13.2. The van der Waals surface area contributed by atoms with Crippen molar-refractivity contribution in [2.24, 2.45) is 13.0 Å². The van der Waals surface area contributed by atoms with Crippen LogP contribution in [0, 0.1) is 5.92 Å². The maximum Gasteiger partial charge on any atom is 0.407 e. The van der Waals surface area contributed by atoms with Crippen molar-refractivity contribution in [2.45, 2.75) is 12.4 Å². The molecule has 0 aliphatic carbocycles. The number of alkyl halides is 6. The van der Waals surface area contributed by atoms with Crippen LogP contribution in [0.25, 0.3) is 0 Å². The molecule has 0 amide bonds. The van der Waals surface area contributed by atoms with Gasteiger partial charge < -0.3 is 0 Å². The summed E-state index contributed by atoms with van der Waals surface area (Å²) >= 11 is 0. The van der Waals surface area contributed by atoms with Gasteiger partial charge in [0.2, 0.25) is 5.92 Å². The summed E-state index contributed by atoms with van der Waals surface area (Å²) in [6.07, 6.45) is -9.89. The van der Waals surface area contributed by atoms with Crippen LogP contribution in [0.1, 0.15) is 10.4 Å². The molecule has 0 saturated heterocycles. The molecule has 0 atom stereocenters. The van der Waals surface area contributed by atoms with Crippen LogP contribution in [-0.2, 0) is 7.05 Å². The van der Waals surface area contributed by atoms with Crippen LogP contribution in [0.3, 0.4) is 0 Å². The quantitative estimate of drug-likeness (QED) is 0.604. The summed E-state index contributed by atoms with van der Waals surface area (Å²) in [6, 6.07) is 0. The van der Waals surface area contributed by atoms with E-state index < -0.39 is 29.6 Å². The van der Waals surface area contributed by atoms with Gasteiger partial charge in [0.05, 0.1) is 11.8 Å². The minimum atomic E-state index is -5.68. The Balaban J connectivity index is 3.13. The highest BCUT2D eigenvalue weighted by molar-refractivity contribution is 5.98. The third-order valence-electron chi connectivity index (χ3n) is 1.91. The Labute approximate surface area is 91.0 Å². The average molecular weight is 260 g/mol.